The molecular weight excluding hydrogens is 580 g/mol. The number of nitrogens with zero attached hydrogens (tertiary/aromatic N) is 6. The van der Waals surface area contributed by atoms with Gasteiger partial charge in [0.1, 0.15) is 16.4 Å². The molecule has 2 aromatic heterocycles. The van der Waals surface area contributed by atoms with Gasteiger partial charge in [0.25, 0.3) is 11.8 Å². The zero-order chi connectivity index (χ0) is 25.9. The quantitative estimate of drug-likeness (QED) is 0.143. The lowest BCUT2D eigenvalue weighted by atomic mass is 10.1. The van der Waals surface area contributed by atoms with Gasteiger partial charge in [-0.3, -0.25) is 9.59 Å². The van der Waals surface area contributed by atoms with Crippen LogP contribution < -0.4 is 15.9 Å². The predicted octanol–water partition coefficient (Wildman–Crippen LogP) is 1.98. The second kappa shape index (κ2) is 11.3. The van der Waals surface area contributed by atoms with Crippen LogP contribution in [-0.4, -0.2) is 70.0 Å². The van der Waals surface area contributed by atoms with E-state index in [1.165, 1.54) is 23.1 Å². The highest BCUT2D eigenvalue weighted by Gasteiger charge is 2.49. The van der Waals surface area contributed by atoms with Gasteiger partial charge in [0.2, 0.25) is 11.5 Å². The number of aliphatic hydroxyl groups is 1. The number of nitrogen functional groups attached to an aromatic ring is 1. The summed E-state index contributed by atoms with van der Waals surface area (Å²) in [6.45, 7) is -0.139. The fraction of sp³-hybridized carbons (Fsp3) is 0.250. The van der Waals surface area contributed by atoms with Crippen LogP contribution in [0.25, 0.3) is 0 Å². The second-order valence-electron chi connectivity index (χ2n) is 7.54. The van der Waals surface area contributed by atoms with Crippen LogP contribution in [-0.2, 0) is 16.2 Å². The van der Waals surface area contributed by atoms with Crippen molar-refractivity contribution in [2.45, 2.75) is 22.4 Å². The van der Waals surface area contributed by atoms with E-state index in [2.05, 4.69) is 30.0 Å². The van der Waals surface area contributed by atoms with Crippen molar-refractivity contribution in [1.82, 2.24) is 29.8 Å². The van der Waals surface area contributed by atoms with Gasteiger partial charge in [-0.2, -0.15) is 9.36 Å². The molecule has 192 valence electrons. The van der Waals surface area contributed by atoms with E-state index < -0.39 is 11.9 Å². The minimum Gasteiger partial charge on any atom is -0.389 e. The first-order valence-electron chi connectivity index (χ1n) is 10.5. The first kappa shape index (κ1) is 25.9. The number of thioether (sulfide) groups is 2. The van der Waals surface area contributed by atoms with Crippen LogP contribution in [0.1, 0.15) is 10.8 Å². The van der Waals surface area contributed by atoms with Gasteiger partial charge >= 0.3 is 0 Å². The number of benzene rings is 1. The number of aromatic nitrogens is 4. The number of carbonyl (C=O) groups excluding carboxylic acids is 2. The monoisotopic (exact) mass is 596 g/mol. The fourth-order valence-corrected chi connectivity index (χ4v) is 6.94. The summed E-state index contributed by atoms with van der Waals surface area (Å²) in [7, 11) is 0. The number of hydrogen-bond donors (Lipinski definition) is 3. The van der Waals surface area contributed by atoms with E-state index in [0.29, 0.717) is 27.3 Å². The Morgan fingerprint density at radius 2 is 2.16 bits per heavy atom. The molecule has 1 fully saturated rings. The molecule has 0 bridgehead atoms. The number of oxime groups is 1. The Bertz CT molecular complexity index is 1380. The number of fused-ring (bicyclic) bond motifs is 1. The second-order valence-corrected chi connectivity index (χ2v) is 12.1. The molecule has 37 heavy (non-hydrogen) atoms. The van der Waals surface area contributed by atoms with Gasteiger partial charge in [-0.25, -0.2) is 0 Å². The van der Waals surface area contributed by atoms with Crippen molar-refractivity contribution in [3.63, 3.8) is 0 Å². The Kier molecular flexibility index (Phi) is 7.92. The molecule has 1 aromatic carbocycles. The van der Waals surface area contributed by atoms with E-state index in [9.17, 15) is 9.59 Å². The number of anilines is 1. The third-order valence-corrected chi connectivity index (χ3v) is 9.34. The summed E-state index contributed by atoms with van der Waals surface area (Å²) in [6, 6.07) is 5.68. The van der Waals surface area contributed by atoms with Gasteiger partial charge in [-0.1, -0.05) is 39.9 Å². The number of nitrogens with one attached hydrogen (secondary N) is 1. The van der Waals surface area contributed by atoms with Crippen molar-refractivity contribution in [3.8, 4) is 5.75 Å². The largest absolute Gasteiger partial charge is 0.389 e. The molecule has 1 unspecified atom stereocenters. The normalized spacial score (nSPS) is 19.2. The smallest absolute Gasteiger partial charge is 0.278 e. The molecule has 2 aliphatic heterocycles. The maximum Gasteiger partial charge on any atom is 0.278 e. The van der Waals surface area contributed by atoms with Gasteiger partial charge in [-0.05, 0) is 29.8 Å². The Balaban J connectivity index is 1.23. The summed E-state index contributed by atoms with van der Waals surface area (Å²) in [4.78, 5) is 37.0. The maximum absolute atomic E-state index is 13.1. The van der Waals surface area contributed by atoms with E-state index in [0.717, 1.165) is 21.4 Å². The molecule has 0 radical (unpaired) electrons. The molecule has 0 spiro atoms. The topological polar surface area (TPSA) is 169 Å². The number of nitrogens with two attached hydrogens (primary N) is 1. The highest BCUT2D eigenvalue weighted by atomic mass is 35.5. The number of aliphatic hydroxyl groups excluding tert-OH is 1. The molecular formula is C20H17ClN8O4S4. The zero-order valence-corrected chi connectivity index (χ0v) is 22.6. The number of rotatable bonds is 9. The van der Waals surface area contributed by atoms with Gasteiger partial charge in [-0.15, -0.1) is 22.0 Å². The molecule has 2 atom stereocenters. The van der Waals surface area contributed by atoms with Crippen LogP contribution in [0.3, 0.4) is 0 Å². The molecule has 0 saturated carbocycles. The summed E-state index contributed by atoms with van der Waals surface area (Å²) in [5, 5.41) is 24.7. The predicted molar refractivity (Wildman–Crippen MR) is 143 cm³/mol. The molecule has 4 heterocycles. The van der Waals surface area contributed by atoms with Crippen LogP contribution >= 0.6 is 58.0 Å². The molecule has 0 aliphatic carbocycles. The molecule has 12 nitrogen and oxygen atoms in total. The number of amides is 2. The van der Waals surface area contributed by atoms with Crippen molar-refractivity contribution in [1.29, 1.82) is 0 Å². The fourth-order valence-electron chi connectivity index (χ4n) is 3.27. The summed E-state index contributed by atoms with van der Waals surface area (Å²) in [5.41, 5.74) is 6.52. The Morgan fingerprint density at radius 1 is 1.35 bits per heavy atom. The van der Waals surface area contributed by atoms with Crippen LogP contribution in [0.15, 0.2) is 45.5 Å². The third-order valence-electron chi connectivity index (χ3n) is 5.02. The standard InChI is InChI=1S/C20H17ClN8O4S4/c21-10-1-3-11(4-2-10)33-27-13(15-24-19(22)37-28-15)16(31)23-14-17(32)29-5-9(7-34-18(14)29)8-35-20-26-25-12(6-30)36-20/h1-5,14,18,30H,6-8H2,(H,23,31)(H2,22,24,28)/t14?,18-/m0/s1. The molecule has 4 N–H and O–H groups in total. The number of halogens is 1. The van der Waals surface area contributed by atoms with Crippen molar-refractivity contribution < 1.29 is 19.5 Å². The molecule has 1 saturated heterocycles. The van der Waals surface area contributed by atoms with E-state index >= 15 is 0 Å². The third kappa shape index (κ3) is 5.89. The molecule has 5 rings (SSSR count). The summed E-state index contributed by atoms with van der Waals surface area (Å²) < 4.78 is 4.81. The van der Waals surface area contributed by atoms with Crippen LogP contribution in [0, 0.1) is 0 Å². The SMILES string of the molecule is Nc1nc(C(=NOc2ccc(Cl)cc2)C(=O)NC2C(=O)N3C=C(CSc4nnc(CO)s4)CS[C@@H]23)ns1. The molecule has 17 heteroatoms. The Labute approximate surface area is 231 Å². The highest BCUT2D eigenvalue weighted by Crippen LogP contribution is 2.37. The lowest BCUT2D eigenvalue weighted by Crippen LogP contribution is -2.69. The van der Waals surface area contributed by atoms with Gasteiger partial charge < -0.3 is 25.9 Å². The maximum atomic E-state index is 13.1. The van der Waals surface area contributed by atoms with Gasteiger partial charge in [0.15, 0.2) is 15.2 Å². The Hall–Kier alpha value is -2.76. The van der Waals surface area contributed by atoms with E-state index in [4.69, 9.17) is 27.3 Å². The van der Waals surface area contributed by atoms with Gasteiger partial charge in [0, 0.05) is 34.3 Å². The van der Waals surface area contributed by atoms with Crippen molar-refractivity contribution >= 4 is 80.7 Å². The first-order chi connectivity index (χ1) is 17.9. The minimum absolute atomic E-state index is 0.00544. The van der Waals surface area contributed by atoms with Crippen LogP contribution in [0.2, 0.25) is 5.02 Å². The summed E-state index contributed by atoms with van der Waals surface area (Å²) in [6.07, 6.45) is 1.81. The van der Waals surface area contributed by atoms with E-state index in [1.54, 1.807) is 40.9 Å². The van der Waals surface area contributed by atoms with Crippen LogP contribution in [0.5, 0.6) is 5.75 Å². The van der Waals surface area contributed by atoms with Crippen molar-refractivity contribution in [3.05, 3.63) is 51.9 Å². The Morgan fingerprint density at radius 3 is 2.86 bits per heavy atom. The highest BCUT2D eigenvalue weighted by molar-refractivity contribution is 8.01. The average molecular weight is 597 g/mol. The minimum atomic E-state index is -0.741. The number of β-lactam (4-membered cyclic amide) rings is 1. The lowest BCUT2D eigenvalue weighted by molar-refractivity contribution is -0.143. The molecule has 3 aromatic rings. The average Bonchev–Trinajstić information content (AvgIpc) is 3.55. The number of carbonyl (C=O) groups is 2. The summed E-state index contributed by atoms with van der Waals surface area (Å²) in [5.74, 6) is 0.764. The summed E-state index contributed by atoms with van der Waals surface area (Å²) >= 11 is 11.2. The molecule has 2 aliphatic rings. The van der Waals surface area contributed by atoms with Crippen LogP contribution in [0.4, 0.5) is 5.13 Å². The van der Waals surface area contributed by atoms with Crippen molar-refractivity contribution in [2.75, 3.05) is 17.2 Å². The number of hydrogen-bond acceptors (Lipinski definition) is 14. The molecule has 2 amide bonds. The zero-order valence-electron chi connectivity index (χ0n) is 18.6. The first-order valence-corrected chi connectivity index (χ1v) is 14.5. The van der Waals surface area contributed by atoms with Gasteiger partial charge in [0.05, 0.1) is 6.61 Å². The van der Waals surface area contributed by atoms with Crippen molar-refractivity contribution in [2.24, 2.45) is 5.16 Å². The lowest BCUT2D eigenvalue weighted by Gasteiger charge is -2.47. The van der Waals surface area contributed by atoms with E-state index in [-0.39, 0.29) is 34.6 Å². The van der Waals surface area contributed by atoms with E-state index in [1.807, 2.05) is 6.20 Å².